The minimum atomic E-state index is -0.863. The van der Waals surface area contributed by atoms with Crippen molar-refractivity contribution in [2.24, 2.45) is 0 Å². The summed E-state index contributed by atoms with van der Waals surface area (Å²) in [4.78, 5) is 22.8. The van der Waals surface area contributed by atoms with Crippen LogP contribution in [0.5, 0.6) is 0 Å². The highest BCUT2D eigenvalue weighted by Crippen LogP contribution is 2.26. The van der Waals surface area contributed by atoms with Crippen molar-refractivity contribution in [2.45, 2.75) is 62.8 Å². The molecule has 118 valence electrons. The summed E-state index contributed by atoms with van der Waals surface area (Å²) in [7, 11) is 0. The van der Waals surface area contributed by atoms with Gasteiger partial charge in [0.15, 0.2) is 5.16 Å². The summed E-state index contributed by atoms with van der Waals surface area (Å²) in [6.45, 7) is 4.21. The molecule has 1 saturated carbocycles. The number of hydrogen-bond acceptors (Lipinski definition) is 5. The molecule has 0 spiro atoms. The summed E-state index contributed by atoms with van der Waals surface area (Å²) in [5.74, 6) is -0.0656. The van der Waals surface area contributed by atoms with Gasteiger partial charge in [-0.1, -0.05) is 11.8 Å². The summed E-state index contributed by atoms with van der Waals surface area (Å²) in [5, 5.41) is 19.6. The zero-order chi connectivity index (χ0) is 15.5. The van der Waals surface area contributed by atoms with Gasteiger partial charge >= 0.3 is 11.7 Å². The SMILES string of the molecule is CCn1c(SCCCC(C)(NC2CC2)C(=O)O)n[nH]c1=O. The topological polar surface area (TPSA) is 100 Å². The Balaban J connectivity index is 1.82. The number of carboxylic acid groups (broad SMARTS) is 1. The van der Waals surface area contributed by atoms with E-state index < -0.39 is 11.5 Å². The van der Waals surface area contributed by atoms with E-state index in [2.05, 4.69) is 15.5 Å². The molecule has 8 heteroatoms. The van der Waals surface area contributed by atoms with Crippen LogP contribution in [0.15, 0.2) is 9.95 Å². The van der Waals surface area contributed by atoms with Crippen molar-refractivity contribution in [1.82, 2.24) is 20.1 Å². The van der Waals surface area contributed by atoms with E-state index in [1.807, 2.05) is 6.92 Å². The van der Waals surface area contributed by atoms with Gasteiger partial charge in [-0.25, -0.2) is 9.89 Å². The summed E-state index contributed by atoms with van der Waals surface area (Å²) >= 11 is 1.48. The minimum Gasteiger partial charge on any atom is -0.480 e. The van der Waals surface area contributed by atoms with E-state index in [-0.39, 0.29) is 5.69 Å². The van der Waals surface area contributed by atoms with Crippen molar-refractivity contribution in [3.05, 3.63) is 10.5 Å². The molecule has 1 aromatic heterocycles. The van der Waals surface area contributed by atoms with Crippen LogP contribution < -0.4 is 11.0 Å². The van der Waals surface area contributed by atoms with Crippen LogP contribution in [0.4, 0.5) is 0 Å². The van der Waals surface area contributed by atoms with E-state index >= 15 is 0 Å². The highest BCUT2D eigenvalue weighted by molar-refractivity contribution is 7.99. The molecule has 7 nitrogen and oxygen atoms in total. The van der Waals surface area contributed by atoms with E-state index in [0.717, 1.165) is 25.0 Å². The van der Waals surface area contributed by atoms with E-state index in [1.54, 1.807) is 11.5 Å². The number of aliphatic carboxylic acids is 1. The molecular weight excluding hydrogens is 292 g/mol. The van der Waals surface area contributed by atoms with Crippen molar-refractivity contribution in [3.8, 4) is 0 Å². The first-order valence-electron chi connectivity index (χ1n) is 7.25. The molecule has 1 aliphatic rings. The Kier molecular flexibility index (Phi) is 5.10. The second kappa shape index (κ2) is 6.65. The normalized spacial score (nSPS) is 17.6. The third-order valence-corrected chi connectivity index (χ3v) is 4.73. The Morgan fingerprint density at radius 1 is 1.62 bits per heavy atom. The molecule has 1 fully saturated rings. The number of aromatic nitrogens is 3. The van der Waals surface area contributed by atoms with Gasteiger partial charge < -0.3 is 5.11 Å². The number of hydrogen-bond donors (Lipinski definition) is 3. The van der Waals surface area contributed by atoms with Gasteiger partial charge in [0, 0.05) is 18.3 Å². The summed E-state index contributed by atoms with van der Waals surface area (Å²) in [6.07, 6.45) is 3.44. The van der Waals surface area contributed by atoms with Gasteiger partial charge in [0.05, 0.1) is 0 Å². The van der Waals surface area contributed by atoms with Crippen molar-refractivity contribution in [2.75, 3.05) is 5.75 Å². The molecule has 1 aromatic rings. The van der Waals surface area contributed by atoms with E-state index in [9.17, 15) is 14.7 Å². The van der Waals surface area contributed by atoms with Crippen molar-refractivity contribution >= 4 is 17.7 Å². The van der Waals surface area contributed by atoms with Crippen LogP contribution in [0.3, 0.4) is 0 Å². The maximum absolute atomic E-state index is 11.4. The van der Waals surface area contributed by atoms with Crippen LogP contribution in [-0.4, -0.2) is 43.2 Å². The van der Waals surface area contributed by atoms with Crippen LogP contribution in [0, 0.1) is 0 Å². The number of H-pyrrole nitrogens is 1. The molecule has 0 amide bonds. The van der Waals surface area contributed by atoms with E-state index in [0.29, 0.717) is 24.2 Å². The predicted octanol–water partition coefficient (Wildman–Crippen LogP) is 1.06. The van der Waals surface area contributed by atoms with Crippen molar-refractivity contribution < 1.29 is 9.90 Å². The zero-order valence-electron chi connectivity index (χ0n) is 12.4. The Hall–Kier alpha value is -1.28. The first-order valence-corrected chi connectivity index (χ1v) is 8.24. The zero-order valence-corrected chi connectivity index (χ0v) is 13.2. The first-order chi connectivity index (χ1) is 9.96. The number of rotatable bonds is 9. The quantitative estimate of drug-likeness (QED) is 0.465. The molecule has 0 aliphatic heterocycles. The van der Waals surface area contributed by atoms with Gasteiger partial charge in [0.25, 0.3) is 0 Å². The van der Waals surface area contributed by atoms with Gasteiger partial charge in [0.2, 0.25) is 0 Å². The van der Waals surface area contributed by atoms with Gasteiger partial charge in [0.1, 0.15) is 5.54 Å². The second-order valence-corrected chi connectivity index (χ2v) is 6.63. The maximum Gasteiger partial charge on any atom is 0.343 e. The van der Waals surface area contributed by atoms with E-state index in [4.69, 9.17) is 0 Å². The predicted molar refractivity (Wildman–Crippen MR) is 80.7 cm³/mol. The molecular formula is C13H22N4O3S. The molecule has 1 atom stereocenters. The van der Waals surface area contributed by atoms with Crippen LogP contribution in [0.1, 0.15) is 39.5 Å². The highest BCUT2D eigenvalue weighted by Gasteiger charge is 2.37. The summed E-state index contributed by atoms with van der Waals surface area (Å²) < 4.78 is 1.57. The number of carboxylic acids is 1. The summed E-state index contributed by atoms with van der Waals surface area (Å²) in [5.41, 5.74) is -1.07. The molecule has 1 heterocycles. The number of nitrogens with zero attached hydrogens (tertiary/aromatic N) is 2. The monoisotopic (exact) mass is 314 g/mol. The van der Waals surface area contributed by atoms with Crippen LogP contribution in [-0.2, 0) is 11.3 Å². The third-order valence-electron chi connectivity index (χ3n) is 3.66. The fourth-order valence-electron chi connectivity index (χ4n) is 2.20. The fourth-order valence-corrected chi connectivity index (χ4v) is 3.15. The van der Waals surface area contributed by atoms with Gasteiger partial charge in [-0.15, -0.1) is 5.10 Å². The molecule has 21 heavy (non-hydrogen) atoms. The lowest BCUT2D eigenvalue weighted by atomic mass is 9.96. The lowest BCUT2D eigenvalue weighted by Crippen LogP contribution is -2.50. The van der Waals surface area contributed by atoms with Crippen LogP contribution in [0.2, 0.25) is 0 Å². The number of nitrogens with one attached hydrogen (secondary N) is 2. The largest absolute Gasteiger partial charge is 0.480 e. The lowest BCUT2D eigenvalue weighted by molar-refractivity contribution is -0.144. The number of thioether (sulfide) groups is 1. The van der Waals surface area contributed by atoms with Crippen LogP contribution in [0.25, 0.3) is 0 Å². The molecule has 3 N–H and O–H groups in total. The summed E-state index contributed by atoms with van der Waals surface area (Å²) in [6, 6.07) is 0.357. The first kappa shape index (κ1) is 16.1. The number of carbonyl (C=O) groups is 1. The Morgan fingerprint density at radius 3 is 2.90 bits per heavy atom. The highest BCUT2D eigenvalue weighted by atomic mass is 32.2. The molecule has 1 aliphatic carbocycles. The molecule has 1 unspecified atom stereocenters. The average molecular weight is 314 g/mol. The van der Waals surface area contributed by atoms with Gasteiger partial charge in [-0.05, 0) is 39.5 Å². The van der Waals surface area contributed by atoms with E-state index in [1.165, 1.54) is 11.8 Å². The Labute approximate surface area is 127 Å². The number of aromatic amines is 1. The standard InChI is InChI=1S/C13H22N4O3S/c1-3-17-11(20)15-16-12(17)21-8-4-7-13(2,10(18)19)14-9-5-6-9/h9,14H,3-8H2,1-2H3,(H,15,20)(H,18,19). The molecule has 2 rings (SSSR count). The molecule has 0 aromatic carbocycles. The maximum atomic E-state index is 11.4. The van der Waals surface area contributed by atoms with Crippen molar-refractivity contribution in [1.29, 1.82) is 0 Å². The van der Waals surface area contributed by atoms with Gasteiger partial charge in [-0.2, -0.15) is 0 Å². The third kappa shape index (κ3) is 4.10. The Morgan fingerprint density at radius 2 is 2.33 bits per heavy atom. The average Bonchev–Trinajstić information content (AvgIpc) is 3.17. The molecule has 0 bridgehead atoms. The molecule has 0 saturated heterocycles. The van der Waals surface area contributed by atoms with Crippen LogP contribution >= 0.6 is 11.8 Å². The smallest absolute Gasteiger partial charge is 0.343 e. The fraction of sp³-hybridized carbons (Fsp3) is 0.769. The lowest BCUT2D eigenvalue weighted by Gasteiger charge is -2.26. The molecule has 0 radical (unpaired) electrons. The van der Waals surface area contributed by atoms with Gasteiger partial charge in [-0.3, -0.25) is 14.7 Å². The Bertz CT molecular complexity index is 552. The second-order valence-electron chi connectivity index (χ2n) is 5.56. The van der Waals surface area contributed by atoms with Crippen molar-refractivity contribution in [3.63, 3.8) is 0 Å². The minimum absolute atomic E-state index is 0.203.